The van der Waals surface area contributed by atoms with Gasteiger partial charge in [0.25, 0.3) is 0 Å². The zero-order valence-corrected chi connectivity index (χ0v) is 13.6. The molecule has 1 aliphatic carbocycles. The van der Waals surface area contributed by atoms with E-state index in [4.69, 9.17) is 4.74 Å². The molecule has 4 rings (SSSR count). The van der Waals surface area contributed by atoms with Crippen LogP contribution in [-0.2, 0) is 10.2 Å². The molecule has 24 heavy (non-hydrogen) atoms. The van der Waals surface area contributed by atoms with Gasteiger partial charge in [-0.3, -0.25) is 4.79 Å². The van der Waals surface area contributed by atoms with Crippen LogP contribution >= 0.6 is 0 Å². The predicted molar refractivity (Wildman–Crippen MR) is 96.5 cm³/mol. The number of anilines is 1. The van der Waals surface area contributed by atoms with Crippen LogP contribution in [0.4, 0.5) is 5.69 Å². The van der Waals surface area contributed by atoms with E-state index in [0.29, 0.717) is 0 Å². The van der Waals surface area contributed by atoms with Gasteiger partial charge < -0.3 is 10.1 Å². The molecule has 1 amide bonds. The Labute approximate surface area is 141 Å². The van der Waals surface area contributed by atoms with E-state index in [1.54, 1.807) is 7.11 Å². The van der Waals surface area contributed by atoms with Crippen molar-refractivity contribution < 1.29 is 9.53 Å². The van der Waals surface area contributed by atoms with Gasteiger partial charge in [0.1, 0.15) is 5.75 Å². The van der Waals surface area contributed by atoms with Crippen LogP contribution in [0.25, 0.3) is 10.8 Å². The highest BCUT2D eigenvalue weighted by Gasteiger charge is 2.52. The first-order valence-electron chi connectivity index (χ1n) is 8.17. The highest BCUT2D eigenvalue weighted by molar-refractivity contribution is 6.03. The summed E-state index contributed by atoms with van der Waals surface area (Å²) in [6.07, 6.45) is 1.71. The first kappa shape index (κ1) is 14.8. The maximum atomic E-state index is 12.9. The second-order valence-electron chi connectivity index (χ2n) is 6.30. The summed E-state index contributed by atoms with van der Waals surface area (Å²) in [4.78, 5) is 12.9. The summed E-state index contributed by atoms with van der Waals surface area (Å²) in [5.41, 5.74) is 1.35. The van der Waals surface area contributed by atoms with E-state index in [1.165, 1.54) is 5.39 Å². The largest absolute Gasteiger partial charge is 0.496 e. The molecule has 0 aromatic heterocycles. The summed E-state index contributed by atoms with van der Waals surface area (Å²) in [7, 11) is 1.65. The fourth-order valence-corrected chi connectivity index (χ4v) is 3.30. The third-order valence-electron chi connectivity index (χ3n) is 4.81. The van der Waals surface area contributed by atoms with Crippen LogP contribution in [0, 0.1) is 0 Å². The van der Waals surface area contributed by atoms with E-state index in [-0.39, 0.29) is 5.91 Å². The summed E-state index contributed by atoms with van der Waals surface area (Å²) in [5, 5.41) is 5.38. The number of carbonyl (C=O) groups excluding carboxylic acids is 1. The number of amides is 1. The summed E-state index contributed by atoms with van der Waals surface area (Å²) < 4.78 is 5.45. The van der Waals surface area contributed by atoms with E-state index in [9.17, 15) is 4.79 Å². The molecule has 1 saturated carbocycles. The van der Waals surface area contributed by atoms with Crippen molar-refractivity contribution in [3.05, 3.63) is 72.3 Å². The minimum atomic E-state index is -0.460. The number of hydrogen-bond donors (Lipinski definition) is 1. The molecular formula is C21H19NO2. The molecule has 3 nitrogen and oxygen atoms in total. The maximum Gasteiger partial charge on any atom is 0.235 e. The van der Waals surface area contributed by atoms with Crippen LogP contribution in [0.3, 0.4) is 0 Å². The van der Waals surface area contributed by atoms with Gasteiger partial charge in [-0.25, -0.2) is 0 Å². The number of ether oxygens (including phenoxy) is 1. The number of carbonyl (C=O) groups is 1. The van der Waals surface area contributed by atoms with Crippen molar-refractivity contribution in [1.82, 2.24) is 0 Å². The van der Waals surface area contributed by atoms with Crippen LogP contribution in [-0.4, -0.2) is 13.0 Å². The van der Waals surface area contributed by atoms with Crippen molar-refractivity contribution in [2.45, 2.75) is 18.3 Å². The van der Waals surface area contributed by atoms with Crippen molar-refractivity contribution >= 4 is 22.4 Å². The van der Waals surface area contributed by atoms with E-state index < -0.39 is 5.41 Å². The molecule has 1 fully saturated rings. The maximum absolute atomic E-state index is 12.9. The fourth-order valence-electron chi connectivity index (χ4n) is 3.30. The molecule has 3 heteroatoms. The smallest absolute Gasteiger partial charge is 0.235 e. The Morgan fingerprint density at radius 2 is 1.67 bits per heavy atom. The zero-order valence-electron chi connectivity index (χ0n) is 13.6. The normalized spacial score (nSPS) is 15.0. The number of methoxy groups -OCH3 is 1. The summed E-state index contributed by atoms with van der Waals surface area (Å²) in [5.74, 6) is 0.825. The molecule has 0 radical (unpaired) electrons. The van der Waals surface area contributed by atoms with Crippen LogP contribution in [0.15, 0.2) is 66.7 Å². The average molecular weight is 317 g/mol. The van der Waals surface area contributed by atoms with Gasteiger partial charge in [0.2, 0.25) is 5.91 Å². The molecule has 0 bridgehead atoms. The molecule has 0 atom stereocenters. The first-order valence-corrected chi connectivity index (χ1v) is 8.17. The lowest BCUT2D eigenvalue weighted by atomic mass is 9.93. The van der Waals surface area contributed by atoms with Gasteiger partial charge in [-0.15, -0.1) is 0 Å². The second-order valence-corrected chi connectivity index (χ2v) is 6.30. The van der Waals surface area contributed by atoms with Crippen molar-refractivity contribution in [3.63, 3.8) is 0 Å². The Hall–Kier alpha value is -2.81. The van der Waals surface area contributed by atoms with Crippen LogP contribution in [0.2, 0.25) is 0 Å². The lowest BCUT2D eigenvalue weighted by Crippen LogP contribution is -2.28. The second kappa shape index (κ2) is 5.68. The lowest BCUT2D eigenvalue weighted by molar-refractivity contribution is -0.118. The van der Waals surface area contributed by atoms with Crippen molar-refractivity contribution in [3.8, 4) is 5.75 Å². The molecule has 120 valence electrons. The zero-order chi connectivity index (χ0) is 16.6. The lowest BCUT2D eigenvalue weighted by Gasteiger charge is -2.18. The Morgan fingerprint density at radius 1 is 0.958 bits per heavy atom. The average Bonchev–Trinajstić information content (AvgIpc) is 3.43. The topological polar surface area (TPSA) is 38.3 Å². The van der Waals surface area contributed by atoms with Crippen LogP contribution in [0.1, 0.15) is 18.4 Å². The molecule has 1 aliphatic rings. The Bertz CT molecular complexity index is 912. The molecular weight excluding hydrogens is 298 g/mol. The van der Waals surface area contributed by atoms with Gasteiger partial charge in [-0.05, 0) is 41.8 Å². The van der Waals surface area contributed by atoms with Crippen molar-refractivity contribution in [2.75, 3.05) is 12.4 Å². The SMILES string of the molecule is COc1ccccc1C1(C(=O)Nc2ccc3ccccc3c2)CC1. The quantitative estimate of drug-likeness (QED) is 0.768. The monoisotopic (exact) mass is 317 g/mol. The first-order chi connectivity index (χ1) is 11.7. The van der Waals surface area contributed by atoms with Gasteiger partial charge in [0, 0.05) is 11.3 Å². The summed E-state index contributed by atoms with van der Waals surface area (Å²) >= 11 is 0. The molecule has 0 heterocycles. The molecule has 3 aromatic carbocycles. The van der Waals surface area contributed by atoms with E-state index in [1.807, 2.05) is 54.6 Å². The molecule has 0 unspecified atom stereocenters. The van der Waals surface area contributed by atoms with E-state index >= 15 is 0 Å². The molecule has 3 aromatic rings. The summed E-state index contributed by atoms with van der Waals surface area (Å²) in [6.45, 7) is 0. The van der Waals surface area contributed by atoms with Crippen LogP contribution in [0.5, 0.6) is 5.75 Å². The van der Waals surface area contributed by atoms with Gasteiger partial charge in [-0.1, -0.05) is 48.5 Å². The molecule has 0 spiro atoms. The predicted octanol–water partition coefficient (Wildman–Crippen LogP) is 4.52. The molecule has 0 saturated heterocycles. The number of nitrogens with one attached hydrogen (secondary N) is 1. The summed E-state index contributed by atoms with van der Waals surface area (Å²) in [6, 6.07) is 22.0. The third-order valence-corrected chi connectivity index (χ3v) is 4.81. The number of hydrogen-bond acceptors (Lipinski definition) is 2. The molecule has 0 aliphatic heterocycles. The third kappa shape index (κ3) is 2.42. The number of benzene rings is 3. The highest BCUT2D eigenvalue weighted by atomic mass is 16.5. The fraction of sp³-hybridized carbons (Fsp3) is 0.190. The van der Waals surface area contributed by atoms with E-state index in [2.05, 4.69) is 17.4 Å². The van der Waals surface area contributed by atoms with Gasteiger partial charge in [0.15, 0.2) is 0 Å². The number of fused-ring (bicyclic) bond motifs is 1. The minimum Gasteiger partial charge on any atom is -0.496 e. The van der Waals surface area contributed by atoms with E-state index in [0.717, 1.165) is 35.2 Å². The standard InChI is InChI=1S/C21H19NO2/c1-24-19-9-5-4-8-18(19)21(12-13-21)20(23)22-17-11-10-15-6-2-3-7-16(15)14-17/h2-11,14H,12-13H2,1H3,(H,22,23). The van der Waals surface area contributed by atoms with Crippen LogP contribution < -0.4 is 10.1 Å². The van der Waals surface area contributed by atoms with Gasteiger partial charge in [-0.2, -0.15) is 0 Å². The molecule has 1 N–H and O–H groups in total. The van der Waals surface area contributed by atoms with Crippen molar-refractivity contribution in [1.29, 1.82) is 0 Å². The Balaban J connectivity index is 1.63. The Morgan fingerprint density at radius 3 is 2.42 bits per heavy atom. The minimum absolute atomic E-state index is 0.0438. The van der Waals surface area contributed by atoms with Gasteiger partial charge in [0.05, 0.1) is 12.5 Å². The highest BCUT2D eigenvalue weighted by Crippen LogP contribution is 2.52. The number of rotatable bonds is 4. The van der Waals surface area contributed by atoms with Gasteiger partial charge >= 0.3 is 0 Å². The van der Waals surface area contributed by atoms with Crippen molar-refractivity contribution in [2.24, 2.45) is 0 Å². The number of para-hydroxylation sites is 1. The Kier molecular flexibility index (Phi) is 3.49.